The Balaban J connectivity index is 1.41. The Bertz CT molecular complexity index is 1290. The molecule has 0 fully saturated rings. The first-order chi connectivity index (χ1) is 17.7. The highest BCUT2D eigenvalue weighted by Gasteiger charge is 2.17. The summed E-state index contributed by atoms with van der Waals surface area (Å²) < 4.78 is 0. The molecule has 3 heteroatoms. The molecule has 0 radical (unpaired) electrons. The van der Waals surface area contributed by atoms with Crippen LogP contribution in [-0.4, -0.2) is 5.11 Å². The molecule has 0 spiro atoms. The van der Waals surface area contributed by atoms with E-state index in [-0.39, 0.29) is 0 Å². The molecule has 0 bridgehead atoms. The van der Waals surface area contributed by atoms with Gasteiger partial charge in [0.25, 0.3) is 0 Å². The van der Waals surface area contributed by atoms with Crippen LogP contribution in [0.1, 0.15) is 29.5 Å². The number of phenolic OH excluding ortho intramolecular Hbond substituents is 1. The van der Waals surface area contributed by atoms with Crippen molar-refractivity contribution < 1.29 is 5.11 Å². The van der Waals surface area contributed by atoms with E-state index in [1.807, 2.05) is 6.07 Å². The quantitative estimate of drug-likeness (QED) is 0.317. The van der Waals surface area contributed by atoms with Crippen LogP contribution in [-0.2, 0) is 19.4 Å². The lowest BCUT2D eigenvalue weighted by Gasteiger charge is -2.20. The zero-order valence-electron chi connectivity index (χ0n) is 20.6. The largest absolute Gasteiger partial charge is 0.507 e. The van der Waals surface area contributed by atoms with Crippen molar-refractivity contribution in [3.63, 3.8) is 0 Å². The summed E-state index contributed by atoms with van der Waals surface area (Å²) >= 11 is 0. The fourth-order valence-electron chi connectivity index (χ4n) is 4.98. The van der Waals surface area contributed by atoms with Crippen LogP contribution < -0.4 is 15.9 Å². The smallest absolute Gasteiger partial charge is 0.126 e. The molecular weight excluding hydrogens is 457 g/mol. The lowest BCUT2D eigenvalue weighted by molar-refractivity contribution is 0.467. The van der Waals surface area contributed by atoms with Crippen molar-refractivity contribution in [3.05, 3.63) is 132 Å². The van der Waals surface area contributed by atoms with Gasteiger partial charge in [-0.2, -0.15) is 0 Å². The molecule has 3 unspecified atom stereocenters. The third-order valence-electron chi connectivity index (χ3n) is 6.91. The highest BCUT2D eigenvalue weighted by atomic mass is 31.1. The molecule has 0 aromatic heterocycles. The molecule has 3 aromatic rings. The predicted molar refractivity (Wildman–Crippen MR) is 156 cm³/mol. The van der Waals surface area contributed by atoms with Crippen LogP contribution in [0.3, 0.4) is 0 Å². The fraction of sp³-hybridized carbons (Fsp3) is 0.212. The molecule has 36 heavy (non-hydrogen) atoms. The first-order valence-corrected chi connectivity index (χ1v) is 13.9. The maximum Gasteiger partial charge on any atom is 0.126 e. The zero-order chi connectivity index (χ0) is 24.6. The second-order valence-electron chi connectivity index (χ2n) is 9.68. The van der Waals surface area contributed by atoms with E-state index < -0.39 is 0 Å². The number of anilines is 1. The lowest BCUT2D eigenvalue weighted by atomic mass is 9.89. The van der Waals surface area contributed by atoms with Gasteiger partial charge < -0.3 is 10.4 Å². The topological polar surface area (TPSA) is 32.3 Å². The van der Waals surface area contributed by atoms with Crippen molar-refractivity contribution in [2.24, 2.45) is 11.8 Å². The number of allylic oxidation sites excluding steroid dienone is 8. The van der Waals surface area contributed by atoms with Gasteiger partial charge in [-0.05, 0) is 77.7 Å². The average molecular weight is 492 g/mol. The van der Waals surface area contributed by atoms with E-state index in [1.165, 1.54) is 16.4 Å². The van der Waals surface area contributed by atoms with E-state index in [1.54, 1.807) is 0 Å². The van der Waals surface area contributed by atoms with Crippen molar-refractivity contribution in [1.29, 1.82) is 0 Å². The molecule has 0 saturated heterocycles. The van der Waals surface area contributed by atoms with Crippen LogP contribution in [0.5, 0.6) is 5.75 Å². The van der Waals surface area contributed by atoms with Gasteiger partial charge in [0.15, 0.2) is 0 Å². The van der Waals surface area contributed by atoms with E-state index >= 15 is 0 Å². The van der Waals surface area contributed by atoms with Crippen LogP contribution in [0.2, 0.25) is 0 Å². The molecule has 2 N–H and O–H groups in total. The number of aromatic hydroxyl groups is 1. The van der Waals surface area contributed by atoms with Gasteiger partial charge in [0.1, 0.15) is 5.75 Å². The molecule has 0 saturated carbocycles. The maximum atomic E-state index is 11.4. The number of para-hydroxylation sites is 1. The van der Waals surface area contributed by atoms with Crippen LogP contribution in [0.15, 0.2) is 115 Å². The molecule has 182 valence electrons. The fourth-order valence-corrected chi connectivity index (χ4v) is 6.31. The van der Waals surface area contributed by atoms with Gasteiger partial charge in [0.2, 0.25) is 0 Å². The Hall–Kier alpha value is -3.35. The average Bonchev–Trinajstić information content (AvgIpc) is 2.92. The second-order valence-corrected chi connectivity index (χ2v) is 11.0. The molecule has 3 atom stereocenters. The molecular formula is C33H34NOP. The number of rotatable bonds is 9. The standard InChI is InChI=1S/C33H34NOP/c35-33-29(21-26-14-6-2-7-15-26)22-27(20-25-12-4-1-5-13-25)23-32(33)36-31-19-11-10-16-28(31)24-34-30-17-8-3-9-18-30/h1-12,14,16-19,22-23,25-26,34-36H,13,15,20-21,24H2. The Labute approximate surface area is 217 Å². The Morgan fingerprint density at radius 3 is 2.14 bits per heavy atom. The van der Waals surface area contributed by atoms with Crippen molar-refractivity contribution in [1.82, 2.24) is 0 Å². The minimum Gasteiger partial charge on any atom is -0.507 e. The monoisotopic (exact) mass is 491 g/mol. The Kier molecular flexibility index (Phi) is 8.16. The summed E-state index contributed by atoms with van der Waals surface area (Å²) in [6, 6.07) is 23.4. The van der Waals surface area contributed by atoms with E-state index in [0.717, 1.165) is 48.8 Å². The lowest BCUT2D eigenvalue weighted by Crippen LogP contribution is -2.15. The minimum absolute atomic E-state index is 0.405. The Morgan fingerprint density at radius 1 is 0.722 bits per heavy atom. The third kappa shape index (κ3) is 6.45. The van der Waals surface area contributed by atoms with Crippen molar-refractivity contribution >= 4 is 24.9 Å². The van der Waals surface area contributed by atoms with E-state index in [2.05, 4.69) is 115 Å². The first-order valence-electron chi connectivity index (χ1n) is 12.9. The van der Waals surface area contributed by atoms with Crippen molar-refractivity contribution in [2.45, 2.75) is 32.2 Å². The van der Waals surface area contributed by atoms with Crippen LogP contribution >= 0.6 is 8.58 Å². The molecule has 0 amide bonds. The second kappa shape index (κ2) is 12.1. The van der Waals surface area contributed by atoms with Gasteiger partial charge in [-0.3, -0.25) is 0 Å². The molecule has 0 aliphatic heterocycles. The van der Waals surface area contributed by atoms with Crippen LogP contribution in [0.25, 0.3) is 0 Å². The number of hydrogen-bond acceptors (Lipinski definition) is 2. The number of hydrogen-bond donors (Lipinski definition) is 2. The van der Waals surface area contributed by atoms with E-state index in [9.17, 15) is 5.11 Å². The summed E-state index contributed by atoms with van der Waals surface area (Å²) in [6.07, 6.45) is 21.6. The third-order valence-corrected chi connectivity index (χ3v) is 8.32. The Morgan fingerprint density at radius 2 is 1.42 bits per heavy atom. The number of benzene rings is 3. The van der Waals surface area contributed by atoms with E-state index in [0.29, 0.717) is 26.2 Å². The first kappa shape index (κ1) is 24.3. The SMILES string of the molecule is Oc1c(CC2C=CC=CC2)cc(CC2C=CC=CC2)cc1Pc1ccccc1CNc1ccccc1. The van der Waals surface area contributed by atoms with Crippen LogP contribution in [0.4, 0.5) is 5.69 Å². The van der Waals surface area contributed by atoms with Gasteiger partial charge in [-0.25, -0.2) is 0 Å². The number of nitrogens with one attached hydrogen (secondary N) is 1. The molecule has 2 aliphatic carbocycles. The summed E-state index contributed by atoms with van der Waals surface area (Å²) in [4.78, 5) is 0. The van der Waals surface area contributed by atoms with Gasteiger partial charge in [0.05, 0.1) is 0 Å². The molecule has 0 heterocycles. The predicted octanol–water partition coefficient (Wildman–Crippen LogP) is 6.98. The summed E-state index contributed by atoms with van der Waals surface area (Å²) in [5.41, 5.74) is 4.79. The van der Waals surface area contributed by atoms with Crippen molar-refractivity contribution in [3.8, 4) is 5.75 Å². The highest BCUT2D eigenvalue weighted by molar-refractivity contribution is 7.55. The highest BCUT2D eigenvalue weighted by Crippen LogP contribution is 2.30. The summed E-state index contributed by atoms with van der Waals surface area (Å²) in [6.45, 7) is 0.763. The molecule has 5 rings (SSSR count). The van der Waals surface area contributed by atoms with Crippen molar-refractivity contribution in [2.75, 3.05) is 5.32 Å². The summed E-state index contributed by atoms with van der Waals surface area (Å²) in [7, 11) is 0.405. The molecule has 3 aromatic carbocycles. The van der Waals surface area contributed by atoms with E-state index in [4.69, 9.17) is 0 Å². The summed E-state index contributed by atoms with van der Waals surface area (Å²) in [5, 5.41) is 17.3. The number of phenols is 1. The minimum atomic E-state index is 0.405. The van der Waals surface area contributed by atoms with Gasteiger partial charge in [-0.1, -0.05) is 106 Å². The zero-order valence-corrected chi connectivity index (χ0v) is 21.6. The van der Waals surface area contributed by atoms with Crippen LogP contribution in [0, 0.1) is 11.8 Å². The normalized spacial score (nSPS) is 18.8. The van der Waals surface area contributed by atoms with Gasteiger partial charge in [-0.15, -0.1) is 0 Å². The summed E-state index contributed by atoms with van der Waals surface area (Å²) in [5.74, 6) is 1.43. The molecule has 2 aliphatic rings. The van der Waals surface area contributed by atoms with Gasteiger partial charge >= 0.3 is 0 Å². The molecule has 2 nitrogen and oxygen atoms in total. The maximum absolute atomic E-state index is 11.4. The van der Waals surface area contributed by atoms with Gasteiger partial charge in [0, 0.05) is 17.5 Å².